The summed E-state index contributed by atoms with van der Waals surface area (Å²) < 4.78 is 2.25. The van der Waals surface area contributed by atoms with Crippen molar-refractivity contribution in [3.8, 4) is 0 Å². The summed E-state index contributed by atoms with van der Waals surface area (Å²) in [5, 5.41) is 10.4. The Kier molecular flexibility index (Phi) is 5.99. The lowest BCUT2D eigenvalue weighted by molar-refractivity contribution is -0.117. The van der Waals surface area contributed by atoms with E-state index in [2.05, 4.69) is 20.9 Å². The maximum absolute atomic E-state index is 13.2. The second-order valence-electron chi connectivity index (χ2n) is 7.45. The molecule has 156 valence electrons. The number of hydrogen-bond donors (Lipinski definition) is 1. The Morgan fingerprint density at radius 1 is 1.27 bits per heavy atom. The molecule has 1 N–H and O–H groups in total. The zero-order valence-corrected chi connectivity index (χ0v) is 19.1. The molecule has 1 aliphatic rings. The topological polar surface area (TPSA) is 75.4 Å². The summed E-state index contributed by atoms with van der Waals surface area (Å²) in [7, 11) is 0. The Morgan fingerprint density at radius 3 is 2.80 bits per heavy atom. The average Bonchev–Trinajstić information content (AvgIpc) is 3.14. The molecule has 2 atom stereocenters. The number of aliphatic hydroxyl groups is 1. The maximum atomic E-state index is 13.2. The van der Waals surface area contributed by atoms with Crippen molar-refractivity contribution in [2.24, 2.45) is 0 Å². The lowest BCUT2D eigenvalue weighted by Crippen LogP contribution is -2.36. The minimum Gasteiger partial charge on any atom is -0.392 e. The molecule has 0 spiro atoms. The van der Waals surface area contributed by atoms with Crippen LogP contribution in [0.2, 0.25) is 0 Å². The number of benzene rings is 2. The minimum absolute atomic E-state index is 0.0151. The third kappa shape index (κ3) is 4.04. The Labute approximate surface area is 187 Å². The van der Waals surface area contributed by atoms with Gasteiger partial charge in [-0.05, 0) is 50.1 Å². The number of halogens is 1. The van der Waals surface area contributed by atoms with Crippen LogP contribution in [0.3, 0.4) is 0 Å². The zero-order valence-electron chi connectivity index (χ0n) is 16.7. The van der Waals surface area contributed by atoms with E-state index in [4.69, 9.17) is 0 Å². The highest BCUT2D eigenvalue weighted by atomic mass is 79.9. The molecule has 0 unspecified atom stereocenters. The van der Waals surface area contributed by atoms with Crippen molar-refractivity contribution in [1.29, 1.82) is 0 Å². The monoisotopic (exact) mass is 487 g/mol. The molecular formula is C22H22BrN3O3S. The second-order valence-corrected chi connectivity index (χ2v) is 9.67. The Morgan fingerprint density at radius 2 is 2.03 bits per heavy atom. The molecule has 0 saturated heterocycles. The van der Waals surface area contributed by atoms with Gasteiger partial charge in [-0.15, -0.1) is 0 Å². The molecule has 30 heavy (non-hydrogen) atoms. The molecule has 3 aromatic rings. The van der Waals surface area contributed by atoms with Crippen molar-refractivity contribution >= 4 is 50.2 Å². The fourth-order valence-corrected chi connectivity index (χ4v) is 5.02. The van der Waals surface area contributed by atoms with Crippen molar-refractivity contribution in [1.82, 2.24) is 9.55 Å². The number of aromatic nitrogens is 2. The smallest absolute Gasteiger partial charge is 0.262 e. The molecule has 0 aliphatic carbocycles. The first-order valence-electron chi connectivity index (χ1n) is 9.79. The molecular weight excluding hydrogens is 466 g/mol. The molecule has 1 aromatic heterocycles. The van der Waals surface area contributed by atoms with Gasteiger partial charge in [0.1, 0.15) is 0 Å². The van der Waals surface area contributed by atoms with Gasteiger partial charge in [0.15, 0.2) is 5.16 Å². The third-order valence-corrected chi connectivity index (χ3v) is 6.68. The molecule has 4 rings (SSSR count). The van der Waals surface area contributed by atoms with Crippen molar-refractivity contribution in [2.45, 2.75) is 43.3 Å². The summed E-state index contributed by atoms with van der Waals surface area (Å²) in [6.07, 6.45) is 0.125. The fourth-order valence-electron chi connectivity index (χ4n) is 3.68. The first kappa shape index (κ1) is 21.1. The van der Waals surface area contributed by atoms with Gasteiger partial charge in [0.25, 0.3) is 5.56 Å². The van der Waals surface area contributed by atoms with Gasteiger partial charge in [0.05, 0.1) is 28.8 Å². The number of amides is 1. The number of hydrogen-bond acceptors (Lipinski definition) is 5. The van der Waals surface area contributed by atoms with Gasteiger partial charge in [-0.2, -0.15) is 0 Å². The molecule has 0 bridgehead atoms. The highest BCUT2D eigenvalue weighted by molar-refractivity contribution is 9.10. The summed E-state index contributed by atoms with van der Waals surface area (Å²) in [5.74, 6) is -0.0151. The number of nitrogens with zero attached hydrogens (tertiary/aromatic N) is 3. The Bertz CT molecular complexity index is 1180. The molecule has 0 radical (unpaired) electrons. The summed E-state index contributed by atoms with van der Waals surface area (Å²) >= 11 is 4.64. The van der Waals surface area contributed by atoms with E-state index in [1.165, 1.54) is 21.9 Å². The van der Waals surface area contributed by atoms with E-state index in [1.54, 1.807) is 19.1 Å². The van der Waals surface area contributed by atoms with Crippen LogP contribution >= 0.6 is 27.7 Å². The van der Waals surface area contributed by atoms with Gasteiger partial charge < -0.3 is 10.0 Å². The van der Waals surface area contributed by atoms with E-state index in [-0.39, 0.29) is 18.0 Å². The van der Waals surface area contributed by atoms with Crippen LogP contribution in [0.1, 0.15) is 19.4 Å². The number of fused-ring (bicyclic) bond motifs is 2. The molecule has 6 nitrogen and oxygen atoms in total. The molecule has 0 saturated carbocycles. The van der Waals surface area contributed by atoms with Crippen LogP contribution in [0.4, 0.5) is 5.69 Å². The zero-order chi connectivity index (χ0) is 21.4. The van der Waals surface area contributed by atoms with Crippen LogP contribution in [0, 0.1) is 0 Å². The standard InChI is InChI=1S/C22H22BrN3O3S/c1-13(27)12-26-21(29)17-11-16(23)7-8-18(17)24-22(26)30-14(2)20(28)25-10-9-15-5-3-4-6-19(15)25/h3-8,11,13-14,27H,9-10,12H2,1-2H3/t13-,14-/m0/s1. The summed E-state index contributed by atoms with van der Waals surface area (Å²) in [5.41, 5.74) is 2.46. The molecule has 1 aliphatic heterocycles. The first-order valence-corrected chi connectivity index (χ1v) is 11.5. The van der Waals surface area contributed by atoms with Gasteiger partial charge in [0, 0.05) is 16.7 Å². The van der Waals surface area contributed by atoms with Crippen molar-refractivity contribution in [2.75, 3.05) is 11.4 Å². The van der Waals surface area contributed by atoms with E-state index in [0.717, 1.165) is 16.6 Å². The maximum Gasteiger partial charge on any atom is 0.262 e. The highest BCUT2D eigenvalue weighted by Gasteiger charge is 2.29. The molecule has 2 heterocycles. The van der Waals surface area contributed by atoms with Crippen LogP contribution in [0.15, 0.2) is 56.9 Å². The van der Waals surface area contributed by atoms with Crippen LogP contribution in [-0.4, -0.2) is 38.5 Å². The predicted molar refractivity (Wildman–Crippen MR) is 123 cm³/mol. The Hall–Kier alpha value is -2.16. The minimum atomic E-state index is -0.718. The summed E-state index contributed by atoms with van der Waals surface area (Å²) in [6, 6.07) is 13.3. The lowest BCUT2D eigenvalue weighted by Gasteiger charge is -2.22. The molecule has 8 heteroatoms. The van der Waals surface area contributed by atoms with E-state index < -0.39 is 11.4 Å². The number of anilines is 1. The van der Waals surface area contributed by atoms with Crippen molar-refractivity contribution in [3.63, 3.8) is 0 Å². The average molecular weight is 488 g/mol. The quantitative estimate of drug-likeness (QED) is 0.439. The predicted octanol–water partition coefficient (Wildman–Crippen LogP) is 3.61. The van der Waals surface area contributed by atoms with Crippen LogP contribution in [0.5, 0.6) is 0 Å². The van der Waals surface area contributed by atoms with Gasteiger partial charge in [-0.1, -0.05) is 45.9 Å². The largest absolute Gasteiger partial charge is 0.392 e. The van der Waals surface area contributed by atoms with E-state index in [9.17, 15) is 14.7 Å². The second kappa shape index (κ2) is 8.53. The molecule has 0 fully saturated rings. The molecule has 1 amide bonds. The third-order valence-electron chi connectivity index (χ3n) is 5.11. The van der Waals surface area contributed by atoms with Crippen LogP contribution in [-0.2, 0) is 17.8 Å². The highest BCUT2D eigenvalue weighted by Crippen LogP contribution is 2.31. The summed E-state index contributed by atoms with van der Waals surface area (Å²) in [6.45, 7) is 4.23. The van der Waals surface area contributed by atoms with Crippen LogP contribution < -0.4 is 10.5 Å². The Balaban J connectivity index is 1.68. The first-order chi connectivity index (χ1) is 14.3. The van der Waals surface area contributed by atoms with Crippen molar-refractivity contribution in [3.05, 3.63) is 62.9 Å². The number of aliphatic hydroxyl groups excluding tert-OH is 1. The van der Waals surface area contributed by atoms with Gasteiger partial charge in [0.2, 0.25) is 5.91 Å². The SMILES string of the molecule is C[C@H](O)Cn1c(S[C@@H](C)C(=O)N2CCc3ccccc32)nc2ccc(Br)cc2c1=O. The van der Waals surface area contributed by atoms with Gasteiger partial charge in [-0.25, -0.2) is 4.98 Å². The van der Waals surface area contributed by atoms with Gasteiger partial charge >= 0.3 is 0 Å². The van der Waals surface area contributed by atoms with Crippen molar-refractivity contribution < 1.29 is 9.90 Å². The van der Waals surface area contributed by atoms with E-state index in [0.29, 0.717) is 22.6 Å². The number of rotatable bonds is 5. The number of para-hydroxylation sites is 1. The van der Waals surface area contributed by atoms with Crippen LogP contribution in [0.25, 0.3) is 10.9 Å². The fraction of sp³-hybridized carbons (Fsp3) is 0.318. The van der Waals surface area contributed by atoms with Gasteiger partial charge in [-0.3, -0.25) is 14.2 Å². The number of thioether (sulfide) groups is 1. The summed E-state index contributed by atoms with van der Waals surface area (Å²) in [4.78, 5) is 32.7. The number of carbonyl (C=O) groups excluding carboxylic acids is 1. The van der Waals surface area contributed by atoms with E-state index >= 15 is 0 Å². The molecule has 2 aromatic carbocycles. The number of carbonyl (C=O) groups is 1. The van der Waals surface area contributed by atoms with E-state index in [1.807, 2.05) is 42.2 Å². The lowest BCUT2D eigenvalue weighted by atomic mass is 10.2. The normalized spacial score (nSPS) is 15.3.